The molecule has 1 N–H and O–H groups in total. The molecule has 1 aromatic carbocycles. The molecule has 2 aliphatic rings. The Morgan fingerprint density at radius 2 is 2.09 bits per heavy atom. The third-order valence-electron chi connectivity index (χ3n) is 4.86. The molecule has 1 aromatic rings. The minimum atomic E-state index is 0.0924. The van der Waals surface area contributed by atoms with E-state index in [1.807, 2.05) is 35.8 Å². The summed E-state index contributed by atoms with van der Waals surface area (Å²) >= 11 is 0. The lowest BCUT2D eigenvalue weighted by Crippen LogP contribution is -2.57. The third-order valence-corrected chi connectivity index (χ3v) is 4.86. The van der Waals surface area contributed by atoms with Crippen molar-refractivity contribution in [3.63, 3.8) is 0 Å². The highest BCUT2D eigenvalue weighted by molar-refractivity contribution is 5.95. The Morgan fingerprint density at radius 1 is 1.26 bits per heavy atom. The molecule has 0 aromatic heterocycles. The number of rotatable bonds is 2. The Bertz CT molecular complexity index is 614. The second-order valence-electron chi connectivity index (χ2n) is 6.63. The van der Waals surface area contributed by atoms with E-state index in [0.29, 0.717) is 13.1 Å². The third kappa shape index (κ3) is 3.39. The Kier molecular flexibility index (Phi) is 4.66. The topological polar surface area (TPSA) is 52.7 Å². The van der Waals surface area contributed by atoms with E-state index in [9.17, 15) is 9.59 Å². The highest BCUT2D eigenvalue weighted by Gasteiger charge is 2.32. The second-order valence-corrected chi connectivity index (χ2v) is 6.63. The number of carbonyl (C=O) groups excluding carboxylic acids is 2. The summed E-state index contributed by atoms with van der Waals surface area (Å²) < 4.78 is 0. The van der Waals surface area contributed by atoms with Crippen LogP contribution < -0.4 is 5.32 Å². The van der Waals surface area contributed by atoms with Gasteiger partial charge in [-0.1, -0.05) is 17.7 Å². The van der Waals surface area contributed by atoms with Crippen molar-refractivity contribution in [1.29, 1.82) is 0 Å². The quantitative estimate of drug-likeness (QED) is 0.896. The van der Waals surface area contributed by atoms with Crippen molar-refractivity contribution in [3.8, 4) is 0 Å². The SMILES string of the molecule is Cc1ccc(C(=O)N2CCCC(N3CCNCC3=O)C2)c(C)c1. The summed E-state index contributed by atoms with van der Waals surface area (Å²) in [6.45, 7) is 7.46. The van der Waals surface area contributed by atoms with Crippen molar-refractivity contribution in [2.75, 3.05) is 32.7 Å². The molecule has 1 atom stereocenters. The summed E-state index contributed by atoms with van der Waals surface area (Å²) in [6, 6.07) is 6.12. The fourth-order valence-electron chi connectivity index (χ4n) is 3.62. The number of hydrogen-bond acceptors (Lipinski definition) is 3. The van der Waals surface area contributed by atoms with Crippen molar-refractivity contribution >= 4 is 11.8 Å². The molecule has 2 saturated heterocycles. The average Bonchev–Trinajstić information content (AvgIpc) is 2.55. The number of likely N-dealkylation sites (tertiary alicyclic amines) is 1. The van der Waals surface area contributed by atoms with Gasteiger partial charge in [0.1, 0.15) is 0 Å². The number of piperazine rings is 1. The van der Waals surface area contributed by atoms with E-state index in [0.717, 1.165) is 43.6 Å². The van der Waals surface area contributed by atoms with Crippen LogP contribution in [-0.2, 0) is 4.79 Å². The highest BCUT2D eigenvalue weighted by Crippen LogP contribution is 2.20. The molecule has 124 valence electrons. The average molecular weight is 315 g/mol. The first-order valence-corrected chi connectivity index (χ1v) is 8.43. The van der Waals surface area contributed by atoms with E-state index in [4.69, 9.17) is 0 Å². The zero-order valence-electron chi connectivity index (χ0n) is 14.0. The predicted molar refractivity (Wildman–Crippen MR) is 89.4 cm³/mol. The van der Waals surface area contributed by atoms with Crippen LogP contribution in [0.1, 0.15) is 34.3 Å². The van der Waals surface area contributed by atoms with Crippen LogP contribution in [0.5, 0.6) is 0 Å². The van der Waals surface area contributed by atoms with Crippen LogP contribution in [0.2, 0.25) is 0 Å². The molecular weight excluding hydrogens is 290 g/mol. The fraction of sp³-hybridized carbons (Fsp3) is 0.556. The maximum Gasteiger partial charge on any atom is 0.254 e. The Balaban J connectivity index is 1.72. The summed E-state index contributed by atoms with van der Waals surface area (Å²) in [5.74, 6) is 0.247. The molecule has 2 aliphatic heterocycles. The van der Waals surface area contributed by atoms with Crippen LogP contribution in [0.15, 0.2) is 18.2 Å². The summed E-state index contributed by atoms with van der Waals surface area (Å²) in [4.78, 5) is 28.8. The first-order chi connectivity index (χ1) is 11.1. The molecule has 2 fully saturated rings. The molecule has 0 aliphatic carbocycles. The van der Waals surface area contributed by atoms with Crippen LogP contribution in [0.4, 0.5) is 0 Å². The maximum atomic E-state index is 12.9. The van der Waals surface area contributed by atoms with Crippen molar-refractivity contribution in [3.05, 3.63) is 34.9 Å². The molecule has 23 heavy (non-hydrogen) atoms. The first-order valence-electron chi connectivity index (χ1n) is 8.43. The van der Waals surface area contributed by atoms with E-state index in [-0.39, 0.29) is 17.9 Å². The van der Waals surface area contributed by atoms with Crippen LogP contribution in [0.25, 0.3) is 0 Å². The van der Waals surface area contributed by atoms with Gasteiger partial charge in [0, 0.05) is 37.8 Å². The van der Waals surface area contributed by atoms with Gasteiger partial charge >= 0.3 is 0 Å². The predicted octanol–water partition coefficient (Wildman–Crippen LogP) is 1.34. The van der Waals surface area contributed by atoms with Gasteiger partial charge in [-0.15, -0.1) is 0 Å². The number of aryl methyl sites for hydroxylation is 2. The normalized spacial score (nSPS) is 22.3. The number of benzene rings is 1. The molecule has 5 nitrogen and oxygen atoms in total. The van der Waals surface area contributed by atoms with Gasteiger partial charge in [-0.2, -0.15) is 0 Å². The minimum Gasteiger partial charge on any atom is -0.337 e. The molecule has 2 amide bonds. The van der Waals surface area contributed by atoms with Crippen molar-refractivity contribution in [2.45, 2.75) is 32.7 Å². The van der Waals surface area contributed by atoms with E-state index >= 15 is 0 Å². The number of nitrogens with zero attached hydrogens (tertiary/aromatic N) is 2. The molecule has 0 saturated carbocycles. The number of piperidine rings is 1. The van der Waals surface area contributed by atoms with Crippen molar-refractivity contribution < 1.29 is 9.59 Å². The Labute approximate surface area is 137 Å². The molecule has 2 heterocycles. The molecular formula is C18H25N3O2. The minimum absolute atomic E-state index is 0.0924. The summed E-state index contributed by atoms with van der Waals surface area (Å²) in [7, 11) is 0. The zero-order valence-corrected chi connectivity index (χ0v) is 14.0. The second kappa shape index (κ2) is 6.71. The Morgan fingerprint density at radius 3 is 2.83 bits per heavy atom. The number of amides is 2. The molecule has 3 rings (SSSR count). The fourth-order valence-corrected chi connectivity index (χ4v) is 3.62. The first kappa shape index (κ1) is 16.0. The summed E-state index contributed by atoms with van der Waals surface area (Å²) in [5.41, 5.74) is 2.97. The molecule has 1 unspecified atom stereocenters. The monoisotopic (exact) mass is 315 g/mol. The van der Waals surface area contributed by atoms with Gasteiger partial charge in [-0.05, 0) is 38.3 Å². The lowest BCUT2D eigenvalue weighted by molar-refractivity contribution is -0.135. The molecule has 5 heteroatoms. The number of nitrogens with one attached hydrogen (secondary N) is 1. The maximum absolute atomic E-state index is 12.9. The van der Waals surface area contributed by atoms with Gasteiger partial charge in [0.25, 0.3) is 5.91 Å². The van der Waals surface area contributed by atoms with Crippen LogP contribution in [0.3, 0.4) is 0 Å². The van der Waals surface area contributed by atoms with Crippen LogP contribution in [0, 0.1) is 13.8 Å². The molecule has 0 radical (unpaired) electrons. The summed E-state index contributed by atoms with van der Waals surface area (Å²) in [6.07, 6.45) is 1.95. The molecule has 0 bridgehead atoms. The number of carbonyl (C=O) groups is 2. The standard InChI is InChI=1S/C18H25N3O2/c1-13-5-6-16(14(2)10-13)18(23)20-8-3-4-15(12-20)21-9-7-19-11-17(21)22/h5-6,10,15,19H,3-4,7-9,11-12H2,1-2H3. The Hall–Kier alpha value is -1.88. The van der Waals surface area contributed by atoms with Crippen molar-refractivity contribution in [1.82, 2.24) is 15.1 Å². The highest BCUT2D eigenvalue weighted by atomic mass is 16.2. The van der Waals surface area contributed by atoms with E-state index in [2.05, 4.69) is 11.4 Å². The zero-order chi connectivity index (χ0) is 16.4. The van der Waals surface area contributed by atoms with Crippen LogP contribution in [-0.4, -0.2) is 60.4 Å². The lowest BCUT2D eigenvalue weighted by atomic mass is 10.00. The summed E-state index contributed by atoms with van der Waals surface area (Å²) in [5, 5.41) is 3.10. The van der Waals surface area contributed by atoms with Gasteiger partial charge < -0.3 is 15.1 Å². The lowest BCUT2D eigenvalue weighted by Gasteiger charge is -2.41. The van der Waals surface area contributed by atoms with Gasteiger partial charge in [0.15, 0.2) is 0 Å². The largest absolute Gasteiger partial charge is 0.337 e. The van der Waals surface area contributed by atoms with Gasteiger partial charge in [-0.25, -0.2) is 0 Å². The molecule has 0 spiro atoms. The van der Waals surface area contributed by atoms with Gasteiger partial charge in [0.05, 0.1) is 6.54 Å². The van der Waals surface area contributed by atoms with Gasteiger partial charge in [0.2, 0.25) is 5.91 Å². The van der Waals surface area contributed by atoms with E-state index in [1.165, 1.54) is 5.56 Å². The van der Waals surface area contributed by atoms with E-state index < -0.39 is 0 Å². The van der Waals surface area contributed by atoms with Gasteiger partial charge in [-0.3, -0.25) is 9.59 Å². The van der Waals surface area contributed by atoms with E-state index in [1.54, 1.807) is 0 Å². The van der Waals surface area contributed by atoms with Crippen molar-refractivity contribution in [2.24, 2.45) is 0 Å². The smallest absolute Gasteiger partial charge is 0.254 e. The van der Waals surface area contributed by atoms with Crippen LogP contribution >= 0.6 is 0 Å². The number of hydrogen-bond donors (Lipinski definition) is 1.